The van der Waals surface area contributed by atoms with Gasteiger partial charge in [0.15, 0.2) is 11.4 Å². The lowest BCUT2D eigenvalue weighted by Crippen LogP contribution is -2.11. The average Bonchev–Trinajstić information content (AvgIpc) is 2.90. The lowest BCUT2D eigenvalue weighted by atomic mass is 10.3. The monoisotopic (exact) mass is 314 g/mol. The molecular formula is C15H11ClN4O2. The molecule has 110 valence electrons. The van der Waals surface area contributed by atoms with Crippen molar-refractivity contribution in [3.63, 3.8) is 0 Å². The minimum absolute atomic E-state index is 0.142. The molecule has 0 N–H and O–H groups in total. The second-order valence-corrected chi connectivity index (χ2v) is 4.92. The number of nitrogens with zero attached hydrogens (tertiary/aromatic N) is 4. The predicted molar refractivity (Wildman–Crippen MR) is 80.3 cm³/mol. The number of aromatic nitrogens is 4. The highest BCUT2D eigenvalue weighted by Crippen LogP contribution is 2.17. The molecule has 0 radical (unpaired) electrons. The van der Waals surface area contributed by atoms with Crippen LogP contribution in [0.3, 0.4) is 0 Å². The third-order valence-corrected chi connectivity index (χ3v) is 3.06. The van der Waals surface area contributed by atoms with Gasteiger partial charge in [0, 0.05) is 12.3 Å². The Morgan fingerprint density at radius 1 is 1.18 bits per heavy atom. The number of carbonyl (C=O) groups is 1. The van der Waals surface area contributed by atoms with Crippen LogP contribution in [-0.4, -0.2) is 25.9 Å². The van der Waals surface area contributed by atoms with E-state index in [1.54, 1.807) is 6.92 Å². The van der Waals surface area contributed by atoms with Gasteiger partial charge in [-0.2, -0.15) is 9.90 Å². The van der Waals surface area contributed by atoms with Crippen LogP contribution < -0.4 is 4.74 Å². The smallest absolute Gasteiger partial charge is 0.366 e. The highest BCUT2D eigenvalue weighted by molar-refractivity contribution is 6.30. The first-order valence-electron chi connectivity index (χ1n) is 6.45. The number of aryl methyl sites for hydroxylation is 1. The first-order valence-corrected chi connectivity index (χ1v) is 6.83. The highest BCUT2D eigenvalue weighted by atomic mass is 35.5. The summed E-state index contributed by atoms with van der Waals surface area (Å²) in [6.45, 7) is 1.69. The summed E-state index contributed by atoms with van der Waals surface area (Å²) in [5.74, 6) is -0.352. The van der Waals surface area contributed by atoms with Gasteiger partial charge in [-0.1, -0.05) is 29.8 Å². The van der Waals surface area contributed by atoms with E-state index in [2.05, 4.69) is 15.2 Å². The van der Waals surface area contributed by atoms with Crippen molar-refractivity contribution in [1.29, 1.82) is 0 Å². The lowest BCUT2D eigenvalue weighted by molar-refractivity contribution is 0.0726. The van der Waals surface area contributed by atoms with Crippen molar-refractivity contribution < 1.29 is 9.53 Å². The van der Waals surface area contributed by atoms with Gasteiger partial charge >= 0.3 is 5.97 Å². The van der Waals surface area contributed by atoms with Gasteiger partial charge in [-0.3, -0.25) is 4.98 Å². The molecule has 2 heterocycles. The van der Waals surface area contributed by atoms with E-state index in [0.29, 0.717) is 10.7 Å². The molecule has 0 amide bonds. The van der Waals surface area contributed by atoms with Crippen LogP contribution in [0.5, 0.6) is 5.75 Å². The van der Waals surface area contributed by atoms with Crippen LogP contribution in [-0.2, 0) is 0 Å². The lowest BCUT2D eigenvalue weighted by Gasteiger charge is -2.02. The fraction of sp³-hybridized carbons (Fsp3) is 0.0667. The molecule has 0 saturated carbocycles. The molecule has 3 aromatic rings. The number of para-hydroxylation sites is 1. The molecule has 0 aliphatic rings. The Morgan fingerprint density at radius 3 is 2.68 bits per heavy atom. The number of halogens is 1. The number of ether oxygens (including phenoxy) is 1. The van der Waals surface area contributed by atoms with E-state index < -0.39 is 5.97 Å². The van der Waals surface area contributed by atoms with E-state index in [1.165, 1.54) is 23.3 Å². The Bertz CT molecular complexity index is 817. The normalized spacial score (nSPS) is 10.5. The van der Waals surface area contributed by atoms with E-state index in [-0.39, 0.29) is 11.4 Å². The molecule has 0 bridgehead atoms. The van der Waals surface area contributed by atoms with Crippen LogP contribution in [0.2, 0.25) is 5.02 Å². The molecule has 0 unspecified atom stereocenters. The molecule has 0 spiro atoms. The summed E-state index contributed by atoms with van der Waals surface area (Å²) >= 11 is 5.80. The molecule has 6 nitrogen and oxygen atoms in total. The van der Waals surface area contributed by atoms with Gasteiger partial charge in [0.1, 0.15) is 0 Å². The van der Waals surface area contributed by atoms with Gasteiger partial charge in [-0.05, 0) is 19.1 Å². The van der Waals surface area contributed by atoms with Crippen LogP contribution in [0.15, 0.2) is 48.8 Å². The van der Waals surface area contributed by atoms with Crippen LogP contribution in [0, 0.1) is 6.92 Å². The van der Waals surface area contributed by atoms with Crippen LogP contribution in [0.4, 0.5) is 0 Å². The molecule has 1 aromatic carbocycles. The minimum atomic E-state index is -0.608. The van der Waals surface area contributed by atoms with E-state index in [0.717, 1.165) is 5.69 Å². The van der Waals surface area contributed by atoms with Crippen molar-refractivity contribution >= 4 is 17.6 Å². The van der Waals surface area contributed by atoms with Gasteiger partial charge in [0.05, 0.1) is 22.6 Å². The Morgan fingerprint density at radius 2 is 1.95 bits per heavy atom. The quantitative estimate of drug-likeness (QED) is 0.695. The molecule has 0 aliphatic carbocycles. The Kier molecular flexibility index (Phi) is 3.84. The molecule has 22 heavy (non-hydrogen) atoms. The molecule has 0 atom stereocenters. The maximum atomic E-state index is 12.2. The molecule has 0 saturated heterocycles. The second-order valence-electron chi connectivity index (χ2n) is 4.49. The van der Waals surface area contributed by atoms with Crippen molar-refractivity contribution in [1.82, 2.24) is 20.0 Å². The van der Waals surface area contributed by atoms with E-state index >= 15 is 0 Å². The third-order valence-electron chi connectivity index (χ3n) is 2.85. The zero-order valence-corrected chi connectivity index (χ0v) is 12.4. The fourth-order valence-corrected chi connectivity index (χ4v) is 2.01. The fourth-order valence-electron chi connectivity index (χ4n) is 1.85. The first kappa shape index (κ1) is 14.2. The molecule has 3 rings (SSSR count). The zero-order chi connectivity index (χ0) is 15.5. The van der Waals surface area contributed by atoms with Crippen molar-refractivity contribution in [2.24, 2.45) is 0 Å². The summed E-state index contributed by atoms with van der Waals surface area (Å²) in [6, 6.07) is 10.8. The summed E-state index contributed by atoms with van der Waals surface area (Å²) in [5.41, 5.74) is 1.38. The van der Waals surface area contributed by atoms with Crippen molar-refractivity contribution in [3.05, 3.63) is 65.2 Å². The second kappa shape index (κ2) is 5.95. The predicted octanol–water partition coefficient (Wildman–Crippen LogP) is 2.84. The molecule has 0 aliphatic heterocycles. The maximum Gasteiger partial charge on any atom is 0.366 e. The van der Waals surface area contributed by atoms with Crippen LogP contribution >= 0.6 is 11.6 Å². The first-order chi connectivity index (χ1) is 10.6. The summed E-state index contributed by atoms with van der Waals surface area (Å²) in [5, 5.41) is 8.78. The maximum absolute atomic E-state index is 12.2. The number of esters is 1. The Labute approximate surface area is 131 Å². The molecule has 7 heteroatoms. The van der Waals surface area contributed by atoms with Crippen molar-refractivity contribution in [2.75, 3.05) is 0 Å². The molecule has 2 aromatic heterocycles. The topological polar surface area (TPSA) is 69.9 Å². The highest BCUT2D eigenvalue weighted by Gasteiger charge is 2.18. The Hall–Kier alpha value is -2.73. The van der Waals surface area contributed by atoms with Gasteiger partial charge in [0.25, 0.3) is 0 Å². The SMILES string of the molecule is Cc1nn(-c2ccccc2)nc1C(=O)Oc1cncc(Cl)c1. The van der Waals surface area contributed by atoms with Gasteiger partial charge in [-0.25, -0.2) is 4.79 Å². The van der Waals surface area contributed by atoms with Crippen molar-refractivity contribution in [2.45, 2.75) is 6.92 Å². The minimum Gasteiger partial charge on any atom is -0.420 e. The van der Waals surface area contributed by atoms with Gasteiger partial charge in [0.2, 0.25) is 0 Å². The van der Waals surface area contributed by atoms with E-state index in [4.69, 9.17) is 16.3 Å². The summed E-state index contributed by atoms with van der Waals surface area (Å²) in [7, 11) is 0. The molecular weight excluding hydrogens is 304 g/mol. The standard InChI is InChI=1S/C15H11ClN4O2/c1-10-14(15(21)22-13-7-11(16)8-17-9-13)19-20(18-10)12-5-3-2-4-6-12/h2-9H,1H3. The molecule has 0 fully saturated rings. The van der Waals surface area contributed by atoms with Crippen molar-refractivity contribution in [3.8, 4) is 11.4 Å². The number of hydrogen-bond donors (Lipinski definition) is 0. The zero-order valence-electron chi connectivity index (χ0n) is 11.6. The summed E-state index contributed by atoms with van der Waals surface area (Å²) in [6.07, 6.45) is 2.86. The van der Waals surface area contributed by atoms with Crippen LogP contribution in [0.25, 0.3) is 5.69 Å². The van der Waals surface area contributed by atoms with E-state index in [9.17, 15) is 4.79 Å². The third kappa shape index (κ3) is 2.96. The number of pyridine rings is 1. The van der Waals surface area contributed by atoms with E-state index in [1.807, 2.05) is 30.3 Å². The van der Waals surface area contributed by atoms with Gasteiger partial charge in [-0.15, -0.1) is 5.10 Å². The number of carbonyl (C=O) groups excluding carboxylic acids is 1. The average molecular weight is 315 g/mol. The largest absolute Gasteiger partial charge is 0.420 e. The number of rotatable bonds is 3. The summed E-state index contributed by atoms with van der Waals surface area (Å²) < 4.78 is 5.21. The Balaban J connectivity index is 1.86. The summed E-state index contributed by atoms with van der Waals surface area (Å²) in [4.78, 5) is 17.4. The number of benzene rings is 1. The van der Waals surface area contributed by atoms with Crippen LogP contribution in [0.1, 0.15) is 16.2 Å². The number of hydrogen-bond acceptors (Lipinski definition) is 5. The van der Waals surface area contributed by atoms with Gasteiger partial charge < -0.3 is 4.74 Å².